The van der Waals surface area contributed by atoms with Gasteiger partial charge in [0.2, 0.25) is 0 Å². The molecule has 0 aromatic heterocycles. The third-order valence-electron chi connectivity index (χ3n) is 9.78. The Balaban J connectivity index is 2.32. The molecule has 0 bridgehead atoms. The molecule has 0 radical (unpaired) electrons. The average molecular weight is 699 g/mol. The highest BCUT2D eigenvalue weighted by molar-refractivity contribution is 5.56. The van der Waals surface area contributed by atoms with E-state index in [0.717, 1.165) is 77.0 Å². The summed E-state index contributed by atoms with van der Waals surface area (Å²) < 4.78 is 5.20. The van der Waals surface area contributed by atoms with Crippen LogP contribution in [0.3, 0.4) is 0 Å². The number of ether oxygens (including phenoxy) is 1. The summed E-state index contributed by atoms with van der Waals surface area (Å²) in [6.07, 6.45) is 35.3. The topological polar surface area (TPSA) is 49.7 Å². The van der Waals surface area contributed by atoms with Crippen LogP contribution in [0.2, 0.25) is 0 Å². The van der Waals surface area contributed by atoms with Gasteiger partial charge in [0, 0.05) is 11.6 Å². The SMILES string of the molecule is COc1cc(O)c(C)c(CC=C(C)CCC=C(C)CCC=C(C)CCC=C(C)CCC=C(C)CCC=C(C)CCC=C(C)CCC=C(C)C)c1O. The maximum atomic E-state index is 10.5. The van der Waals surface area contributed by atoms with Gasteiger partial charge in [-0.15, -0.1) is 0 Å². The van der Waals surface area contributed by atoms with Crippen molar-refractivity contribution in [3.05, 3.63) is 110 Å². The van der Waals surface area contributed by atoms with Crippen molar-refractivity contribution in [2.24, 2.45) is 0 Å². The Morgan fingerprint density at radius 1 is 0.490 bits per heavy atom. The second kappa shape index (κ2) is 26.3. The van der Waals surface area contributed by atoms with Crippen LogP contribution >= 0.6 is 0 Å². The molecule has 0 unspecified atom stereocenters. The summed E-state index contributed by atoms with van der Waals surface area (Å²) in [6.45, 7) is 21.9. The fourth-order valence-corrected chi connectivity index (χ4v) is 6.04. The monoisotopic (exact) mass is 699 g/mol. The Hall–Kier alpha value is -3.46. The number of aromatic hydroxyl groups is 2. The molecule has 0 aliphatic heterocycles. The van der Waals surface area contributed by atoms with Crippen LogP contribution in [0.15, 0.2) is 99.3 Å². The molecular formula is C48H74O3. The van der Waals surface area contributed by atoms with Gasteiger partial charge in [-0.1, -0.05) is 93.2 Å². The van der Waals surface area contributed by atoms with Gasteiger partial charge in [-0.2, -0.15) is 0 Å². The van der Waals surface area contributed by atoms with Crippen LogP contribution in [0.1, 0.15) is 163 Å². The van der Waals surface area contributed by atoms with Gasteiger partial charge in [-0.25, -0.2) is 0 Å². The number of methoxy groups -OCH3 is 1. The summed E-state index contributed by atoms with van der Waals surface area (Å²) in [7, 11) is 1.50. The normalized spacial score (nSPS) is 14.0. The maximum Gasteiger partial charge on any atom is 0.164 e. The molecule has 3 nitrogen and oxygen atoms in total. The van der Waals surface area contributed by atoms with Crippen molar-refractivity contribution in [3.8, 4) is 17.2 Å². The number of phenols is 2. The van der Waals surface area contributed by atoms with Gasteiger partial charge in [-0.05, 0) is 171 Å². The summed E-state index contributed by atoms with van der Waals surface area (Å²) in [5.74, 6) is 0.568. The van der Waals surface area contributed by atoms with Crippen molar-refractivity contribution in [2.75, 3.05) is 7.11 Å². The van der Waals surface area contributed by atoms with Gasteiger partial charge >= 0.3 is 0 Å². The zero-order chi connectivity index (χ0) is 38.2. The van der Waals surface area contributed by atoms with E-state index in [-0.39, 0.29) is 11.5 Å². The van der Waals surface area contributed by atoms with Crippen molar-refractivity contribution in [1.29, 1.82) is 0 Å². The van der Waals surface area contributed by atoms with Gasteiger partial charge in [0.25, 0.3) is 0 Å². The minimum atomic E-state index is 0.112. The highest BCUT2D eigenvalue weighted by atomic mass is 16.5. The number of hydrogen-bond donors (Lipinski definition) is 2. The molecule has 0 fully saturated rings. The zero-order valence-electron chi connectivity index (χ0n) is 34.6. The van der Waals surface area contributed by atoms with Crippen LogP contribution < -0.4 is 4.74 Å². The second-order valence-corrected chi connectivity index (χ2v) is 15.2. The van der Waals surface area contributed by atoms with Crippen LogP contribution in [0.4, 0.5) is 0 Å². The van der Waals surface area contributed by atoms with E-state index in [4.69, 9.17) is 4.74 Å². The summed E-state index contributed by atoms with van der Waals surface area (Å²) in [4.78, 5) is 0. The van der Waals surface area contributed by atoms with E-state index in [1.54, 1.807) is 0 Å². The summed E-state index contributed by atoms with van der Waals surface area (Å²) in [5.41, 5.74) is 13.1. The van der Waals surface area contributed by atoms with E-state index in [1.165, 1.54) is 70.6 Å². The van der Waals surface area contributed by atoms with E-state index in [0.29, 0.717) is 23.3 Å². The molecule has 0 aliphatic rings. The molecule has 0 aliphatic carbocycles. The van der Waals surface area contributed by atoms with Crippen LogP contribution in [0.5, 0.6) is 17.2 Å². The molecular weight excluding hydrogens is 625 g/mol. The van der Waals surface area contributed by atoms with Crippen LogP contribution in [-0.2, 0) is 6.42 Å². The Kier molecular flexibility index (Phi) is 23.5. The quantitative estimate of drug-likeness (QED) is 0.0834. The first-order valence-electron chi connectivity index (χ1n) is 19.5. The zero-order valence-corrected chi connectivity index (χ0v) is 34.6. The fourth-order valence-electron chi connectivity index (χ4n) is 6.04. The number of allylic oxidation sites excluding steroid dienone is 16. The molecule has 2 N–H and O–H groups in total. The van der Waals surface area contributed by atoms with Gasteiger partial charge in [0.1, 0.15) is 5.75 Å². The minimum absolute atomic E-state index is 0.112. The summed E-state index contributed by atoms with van der Waals surface area (Å²) in [6, 6.07) is 1.46. The Morgan fingerprint density at radius 3 is 1.08 bits per heavy atom. The van der Waals surface area contributed by atoms with Crippen molar-refractivity contribution in [2.45, 2.75) is 166 Å². The molecule has 51 heavy (non-hydrogen) atoms. The highest BCUT2D eigenvalue weighted by Gasteiger charge is 2.14. The fraction of sp³-hybridized carbons (Fsp3) is 0.542. The van der Waals surface area contributed by atoms with Crippen LogP contribution in [-0.4, -0.2) is 17.3 Å². The summed E-state index contributed by atoms with van der Waals surface area (Å²) in [5, 5.41) is 20.6. The van der Waals surface area contributed by atoms with E-state index in [9.17, 15) is 10.2 Å². The van der Waals surface area contributed by atoms with Gasteiger partial charge in [0.15, 0.2) is 11.5 Å². The molecule has 1 aromatic carbocycles. The lowest BCUT2D eigenvalue weighted by Crippen LogP contribution is -1.94. The number of hydrogen-bond acceptors (Lipinski definition) is 3. The first kappa shape index (κ1) is 45.6. The van der Waals surface area contributed by atoms with Crippen LogP contribution in [0, 0.1) is 6.92 Å². The van der Waals surface area contributed by atoms with Gasteiger partial charge in [0.05, 0.1) is 7.11 Å². The predicted octanol–water partition coefficient (Wildman–Crippen LogP) is 15.0. The van der Waals surface area contributed by atoms with E-state index in [1.807, 2.05) is 6.92 Å². The molecule has 1 aromatic rings. The average Bonchev–Trinajstić information content (AvgIpc) is 3.06. The third kappa shape index (κ3) is 21.5. The number of benzene rings is 1. The largest absolute Gasteiger partial charge is 0.508 e. The predicted molar refractivity (Wildman–Crippen MR) is 225 cm³/mol. The number of rotatable bonds is 24. The first-order chi connectivity index (χ1) is 24.2. The minimum Gasteiger partial charge on any atom is -0.508 e. The summed E-state index contributed by atoms with van der Waals surface area (Å²) >= 11 is 0. The van der Waals surface area contributed by atoms with Gasteiger partial charge in [-0.3, -0.25) is 0 Å². The lowest BCUT2D eigenvalue weighted by molar-refractivity contribution is 0.365. The third-order valence-corrected chi connectivity index (χ3v) is 9.78. The van der Waals surface area contributed by atoms with Crippen molar-refractivity contribution < 1.29 is 14.9 Å². The molecule has 284 valence electrons. The molecule has 0 heterocycles. The van der Waals surface area contributed by atoms with Crippen molar-refractivity contribution in [3.63, 3.8) is 0 Å². The lowest BCUT2D eigenvalue weighted by atomic mass is 10.00. The standard InChI is InChI=1S/C48H74O3/c1-36(2)19-12-20-37(3)21-13-22-38(4)23-14-24-39(5)25-15-26-40(6)27-16-28-41(7)29-17-30-42(8)31-18-32-43(9)33-34-45-44(10)46(49)35-47(51-11)48(45)50/h19,21,23,25,27,29,31,33,35,49-50H,12-18,20,22,24,26,28,30,32,34H2,1-11H3. The Morgan fingerprint density at radius 2 is 0.784 bits per heavy atom. The highest BCUT2D eigenvalue weighted by Crippen LogP contribution is 2.38. The molecule has 0 spiro atoms. The van der Waals surface area contributed by atoms with E-state index >= 15 is 0 Å². The van der Waals surface area contributed by atoms with Crippen molar-refractivity contribution >= 4 is 0 Å². The molecule has 0 amide bonds. The van der Waals surface area contributed by atoms with E-state index in [2.05, 4.69) is 111 Å². The first-order valence-corrected chi connectivity index (χ1v) is 19.5. The molecule has 1 rings (SSSR count). The number of phenolic OH excluding ortho intramolecular Hbond substituents is 2. The molecule has 0 atom stereocenters. The van der Waals surface area contributed by atoms with Gasteiger partial charge < -0.3 is 14.9 Å². The Labute approximate surface area is 314 Å². The van der Waals surface area contributed by atoms with Crippen LogP contribution in [0.25, 0.3) is 0 Å². The molecule has 3 heteroatoms. The smallest absolute Gasteiger partial charge is 0.164 e. The van der Waals surface area contributed by atoms with E-state index < -0.39 is 0 Å². The lowest BCUT2D eigenvalue weighted by Gasteiger charge is -2.13. The second-order valence-electron chi connectivity index (χ2n) is 15.2. The molecule has 0 saturated carbocycles. The Bertz CT molecular complexity index is 1450. The molecule has 0 saturated heterocycles. The van der Waals surface area contributed by atoms with Crippen molar-refractivity contribution in [1.82, 2.24) is 0 Å². The maximum absolute atomic E-state index is 10.5.